The molecule has 0 atom stereocenters. The molecule has 0 unspecified atom stereocenters. The zero-order valence-corrected chi connectivity index (χ0v) is 12.6. The number of imide groups is 1. The summed E-state index contributed by atoms with van der Waals surface area (Å²) in [6.45, 7) is 0. The zero-order chi connectivity index (χ0) is 18.6. The summed E-state index contributed by atoms with van der Waals surface area (Å²) in [4.78, 5) is 45.6. The number of rotatable bonds is 2. The van der Waals surface area contributed by atoms with Crippen LogP contribution in [0.25, 0.3) is 5.69 Å². The summed E-state index contributed by atoms with van der Waals surface area (Å²) in [5, 5.41) is 11.9. The van der Waals surface area contributed by atoms with Crippen molar-refractivity contribution in [2.24, 2.45) is 0 Å². The number of halogens is 3. The molecule has 0 bridgehead atoms. The van der Waals surface area contributed by atoms with Crippen molar-refractivity contribution in [2.45, 2.75) is 0 Å². The first-order valence-corrected chi connectivity index (χ1v) is 6.76. The van der Waals surface area contributed by atoms with E-state index >= 15 is 0 Å². The molecule has 3 N–H and O–H groups in total. The molecule has 1 aromatic heterocycles. The fourth-order valence-corrected chi connectivity index (χ4v) is 2.58. The Kier molecular flexibility index (Phi) is 3.53. The number of carbonyl (C=O) groups is 2. The smallest absolute Gasteiger partial charge is 0.299 e. The lowest BCUT2D eigenvalue weighted by atomic mass is 10.1. The molecule has 1 aliphatic rings. The van der Waals surface area contributed by atoms with Crippen molar-refractivity contribution in [2.75, 3.05) is 5.73 Å². The molecule has 12 heteroatoms. The summed E-state index contributed by atoms with van der Waals surface area (Å²) in [7, 11) is 0. The summed E-state index contributed by atoms with van der Waals surface area (Å²) < 4.78 is 28.2. The van der Waals surface area contributed by atoms with Crippen LogP contribution in [-0.4, -0.2) is 21.3 Å². The Labute approximate surface area is 140 Å². The number of amides is 2. The van der Waals surface area contributed by atoms with Crippen LogP contribution in [0.1, 0.15) is 20.7 Å². The van der Waals surface area contributed by atoms with E-state index in [0.29, 0.717) is 12.1 Å². The first kappa shape index (κ1) is 16.5. The molecule has 0 spiro atoms. The quantitative estimate of drug-likeness (QED) is 0.352. The van der Waals surface area contributed by atoms with E-state index in [0.717, 1.165) is 0 Å². The Bertz CT molecular complexity index is 1070. The second-order valence-corrected chi connectivity index (χ2v) is 5.26. The summed E-state index contributed by atoms with van der Waals surface area (Å²) >= 11 is 5.42. The van der Waals surface area contributed by atoms with E-state index in [2.05, 4.69) is 0 Å². The molecule has 1 aromatic carbocycles. The van der Waals surface area contributed by atoms with Gasteiger partial charge in [0.05, 0.1) is 22.1 Å². The van der Waals surface area contributed by atoms with Gasteiger partial charge in [0.15, 0.2) is 17.3 Å². The molecule has 2 aromatic rings. The molecular formula is C13H5ClF2N4O5. The number of nitro groups is 1. The molecule has 0 fully saturated rings. The van der Waals surface area contributed by atoms with E-state index in [4.69, 9.17) is 17.3 Å². The van der Waals surface area contributed by atoms with Gasteiger partial charge < -0.3 is 5.73 Å². The molecule has 128 valence electrons. The van der Waals surface area contributed by atoms with Crippen LogP contribution in [0.3, 0.4) is 0 Å². The highest BCUT2D eigenvalue weighted by Gasteiger charge is 2.35. The van der Waals surface area contributed by atoms with Gasteiger partial charge in [0, 0.05) is 6.07 Å². The number of pyridine rings is 1. The van der Waals surface area contributed by atoms with Crippen molar-refractivity contribution in [3.05, 3.63) is 60.4 Å². The lowest BCUT2D eigenvalue weighted by molar-refractivity contribution is -0.384. The van der Waals surface area contributed by atoms with E-state index in [9.17, 15) is 33.3 Å². The van der Waals surface area contributed by atoms with Gasteiger partial charge in [-0.15, -0.1) is 0 Å². The number of anilines is 1. The fourth-order valence-electron chi connectivity index (χ4n) is 2.43. The van der Waals surface area contributed by atoms with Crippen LogP contribution in [-0.2, 0) is 0 Å². The first-order chi connectivity index (χ1) is 11.6. The number of nitro benzene ring substituents is 1. The average molecular weight is 371 g/mol. The summed E-state index contributed by atoms with van der Waals surface area (Å²) in [5.74, 6) is -5.64. The lowest BCUT2D eigenvalue weighted by Crippen LogP contribution is -2.25. The average Bonchev–Trinajstić information content (AvgIpc) is 2.80. The summed E-state index contributed by atoms with van der Waals surface area (Å²) in [5.41, 5.74) is 1.51. The molecule has 1 aliphatic heterocycles. The highest BCUT2D eigenvalue weighted by molar-refractivity contribution is 6.31. The number of benzene rings is 1. The number of aromatic nitrogens is 1. The monoisotopic (exact) mass is 370 g/mol. The molecule has 9 nitrogen and oxygen atoms in total. The van der Waals surface area contributed by atoms with Gasteiger partial charge in [0.25, 0.3) is 23.1 Å². The summed E-state index contributed by atoms with van der Waals surface area (Å²) in [6, 6.07) is 0.970. The molecule has 25 heavy (non-hydrogen) atoms. The van der Waals surface area contributed by atoms with E-state index < -0.39 is 61.7 Å². The number of nitrogens with zero attached hydrogens (tertiary/aromatic N) is 2. The van der Waals surface area contributed by atoms with E-state index in [1.165, 1.54) is 0 Å². The van der Waals surface area contributed by atoms with E-state index in [1.54, 1.807) is 0 Å². The van der Waals surface area contributed by atoms with Crippen LogP contribution < -0.4 is 16.6 Å². The Morgan fingerprint density at radius 1 is 1.20 bits per heavy atom. The SMILES string of the molecule is Nc1c2c(cc(=O)n1-c1c([N+](=O)[O-])cc(F)c(Cl)c1F)C(=O)NC2=O. The van der Waals surface area contributed by atoms with Gasteiger partial charge in [-0.25, -0.2) is 8.78 Å². The third-order valence-electron chi connectivity index (χ3n) is 3.49. The van der Waals surface area contributed by atoms with Crippen molar-refractivity contribution < 1.29 is 23.3 Å². The number of hydrogen-bond acceptors (Lipinski definition) is 6. The Hall–Kier alpha value is -3.34. The van der Waals surface area contributed by atoms with Gasteiger partial charge in [0.1, 0.15) is 10.8 Å². The second kappa shape index (κ2) is 5.34. The van der Waals surface area contributed by atoms with Gasteiger partial charge in [-0.3, -0.25) is 34.4 Å². The number of nitrogens with one attached hydrogen (secondary N) is 1. The van der Waals surface area contributed by atoms with Crippen molar-refractivity contribution in [1.29, 1.82) is 0 Å². The van der Waals surface area contributed by atoms with Crippen LogP contribution in [0.2, 0.25) is 5.02 Å². The standard InChI is InChI=1S/C13H5ClF2N4O5/c14-8-4(15)2-5(20(24)25)10(9(8)16)19-6(21)1-3-7(11(19)17)13(23)18-12(3)22/h1-2H,17H2,(H,18,22,23). The van der Waals surface area contributed by atoms with Crippen LogP contribution in [0.4, 0.5) is 20.3 Å². The van der Waals surface area contributed by atoms with Crippen molar-refractivity contribution >= 4 is 34.9 Å². The van der Waals surface area contributed by atoms with Crippen molar-refractivity contribution in [3.8, 4) is 5.69 Å². The first-order valence-electron chi connectivity index (χ1n) is 6.38. The maximum Gasteiger partial charge on any atom is 0.299 e. The van der Waals surface area contributed by atoms with Crippen LogP contribution >= 0.6 is 11.6 Å². The van der Waals surface area contributed by atoms with Gasteiger partial charge >= 0.3 is 0 Å². The minimum Gasteiger partial charge on any atom is -0.384 e. The van der Waals surface area contributed by atoms with Crippen LogP contribution in [0.15, 0.2) is 16.9 Å². The van der Waals surface area contributed by atoms with Gasteiger partial charge in [-0.1, -0.05) is 11.6 Å². The molecule has 0 saturated heterocycles. The van der Waals surface area contributed by atoms with E-state index in [1.807, 2.05) is 5.32 Å². The number of carbonyl (C=O) groups excluding carboxylic acids is 2. The molecule has 0 aliphatic carbocycles. The molecule has 3 rings (SSSR count). The normalized spacial score (nSPS) is 12.9. The van der Waals surface area contributed by atoms with Crippen molar-refractivity contribution in [1.82, 2.24) is 9.88 Å². The topological polar surface area (TPSA) is 137 Å². The predicted molar refractivity (Wildman–Crippen MR) is 79.8 cm³/mol. The Morgan fingerprint density at radius 2 is 1.84 bits per heavy atom. The maximum atomic E-state index is 14.4. The third-order valence-corrected chi connectivity index (χ3v) is 3.84. The van der Waals surface area contributed by atoms with E-state index in [-0.39, 0.29) is 10.1 Å². The lowest BCUT2D eigenvalue weighted by Gasteiger charge is -2.13. The van der Waals surface area contributed by atoms with Crippen LogP contribution in [0, 0.1) is 21.7 Å². The maximum absolute atomic E-state index is 14.4. The number of hydrogen-bond donors (Lipinski definition) is 2. The molecule has 0 radical (unpaired) electrons. The van der Waals surface area contributed by atoms with Crippen molar-refractivity contribution in [3.63, 3.8) is 0 Å². The Morgan fingerprint density at radius 3 is 2.44 bits per heavy atom. The molecular weight excluding hydrogens is 366 g/mol. The van der Waals surface area contributed by atoms with Gasteiger partial charge in [0.2, 0.25) is 0 Å². The minimum atomic E-state index is -1.62. The number of nitrogen functional groups attached to an aromatic ring is 1. The fraction of sp³-hybridized carbons (Fsp3) is 0. The van der Waals surface area contributed by atoms with Gasteiger partial charge in [-0.05, 0) is 0 Å². The summed E-state index contributed by atoms with van der Waals surface area (Å²) in [6.07, 6.45) is 0. The largest absolute Gasteiger partial charge is 0.384 e. The molecule has 2 amide bonds. The highest BCUT2D eigenvalue weighted by atomic mass is 35.5. The Balaban J connectivity index is 2.48. The number of fused-ring (bicyclic) bond motifs is 1. The second-order valence-electron chi connectivity index (χ2n) is 4.89. The molecule has 0 saturated carbocycles. The van der Waals surface area contributed by atoms with Gasteiger partial charge in [-0.2, -0.15) is 0 Å². The van der Waals surface area contributed by atoms with Crippen LogP contribution in [0.5, 0.6) is 0 Å². The zero-order valence-electron chi connectivity index (χ0n) is 11.8. The third kappa shape index (κ3) is 2.24. The predicted octanol–water partition coefficient (Wildman–Crippen LogP) is 1.14. The molecule has 2 heterocycles. The minimum absolute atomic E-state index is 0.288. The number of nitrogens with two attached hydrogens (primary N) is 1. The highest BCUT2D eigenvalue weighted by Crippen LogP contribution is 2.34.